The third-order valence-corrected chi connectivity index (χ3v) is 3.90. The van der Waals surface area contributed by atoms with E-state index in [4.69, 9.17) is 4.42 Å². The summed E-state index contributed by atoms with van der Waals surface area (Å²) in [6.07, 6.45) is 3.03. The predicted molar refractivity (Wildman–Crippen MR) is 79.5 cm³/mol. The highest BCUT2D eigenvalue weighted by Gasteiger charge is 2.08. The second-order valence-electron chi connectivity index (χ2n) is 4.33. The lowest BCUT2D eigenvalue weighted by molar-refractivity contribution is 0.282. The van der Waals surface area contributed by atoms with Crippen LogP contribution in [0.15, 0.2) is 52.7 Å². The van der Waals surface area contributed by atoms with Crippen LogP contribution in [-0.2, 0) is 13.2 Å². The number of hydrogen-bond donors (Lipinski definition) is 2. The van der Waals surface area contributed by atoms with E-state index in [9.17, 15) is 5.11 Å². The van der Waals surface area contributed by atoms with Gasteiger partial charge in [-0.2, -0.15) is 0 Å². The first-order valence-corrected chi connectivity index (χ1v) is 7.13. The maximum absolute atomic E-state index is 9.51. The summed E-state index contributed by atoms with van der Waals surface area (Å²) in [6, 6.07) is 9.97. The van der Waals surface area contributed by atoms with Gasteiger partial charge in [-0.25, -0.2) is 4.98 Å². The Morgan fingerprint density at radius 3 is 2.95 bits per heavy atom. The molecule has 2 aromatic heterocycles. The Labute approximate surface area is 120 Å². The lowest BCUT2D eigenvalue weighted by atomic mass is 10.1. The molecule has 0 atom stereocenters. The van der Waals surface area contributed by atoms with Crippen molar-refractivity contribution in [1.29, 1.82) is 0 Å². The Kier molecular flexibility index (Phi) is 3.80. The minimum Gasteiger partial charge on any atom is -0.444 e. The van der Waals surface area contributed by atoms with Crippen molar-refractivity contribution in [3.63, 3.8) is 0 Å². The van der Waals surface area contributed by atoms with Gasteiger partial charge < -0.3 is 14.8 Å². The van der Waals surface area contributed by atoms with Crippen LogP contribution in [0.25, 0.3) is 11.3 Å². The van der Waals surface area contributed by atoms with Gasteiger partial charge in [0.25, 0.3) is 0 Å². The zero-order valence-electron chi connectivity index (χ0n) is 10.7. The van der Waals surface area contributed by atoms with E-state index >= 15 is 0 Å². The number of aliphatic hydroxyl groups excluding tert-OH is 1. The number of hydrogen-bond acceptors (Lipinski definition) is 5. The number of nitrogens with one attached hydrogen (secondary N) is 1. The topological polar surface area (TPSA) is 58.3 Å². The molecule has 4 nitrogen and oxygen atoms in total. The smallest absolute Gasteiger partial charge is 0.181 e. The predicted octanol–water partition coefficient (Wildman–Crippen LogP) is 3.51. The summed E-state index contributed by atoms with van der Waals surface area (Å²) in [5.74, 6) is 0.666. The summed E-state index contributed by atoms with van der Waals surface area (Å²) in [5.41, 5.74) is 2.66. The van der Waals surface area contributed by atoms with Crippen LogP contribution in [0.2, 0.25) is 0 Å². The highest BCUT2D eigenvalue weighted by atomic mass is 32.1. The van der Waals surface area contributed by atoms with E-state index in [-0.39, 0.29) is 6.61 Å². The van der Waals surface area contributed by atoms with E-state index in [0.29, 0.717) is 5.76 Å². The zero-order valence-corrected chi connectivity index (χ0v) is 11.6. The maximum Gasteiger partial charge on any atom is 0.181 e. The van der Waals surface area contributed by atoms with Crippen molar-refractivity contribution < 1.29 is 9.52 Å². The number of thiophene rings is 1. The number of aliphatic hydroxyl groups is 1. The average molecular weight is 286 g/mol. The molecule has 0 unspecified atom stereocenters. The molecule has 0 aliphatic carbocycles. The fourth-order valence-electron chi connectivity index (χ4n) is 2.03. The molecule has 5 heteroatoms. The number of benzene rings is 1. The van der Waals surface area contributed by atoms with Gasteiger partial charge in [0, 0.05) is 22.7 Å². The monoisotopic (exact) mass is 286 g/mol. The van der Waals surface area contributed by atoms with Gasteiger partial charge in [-0.3, -0.25) is 0 Å². The molecule has 2 N–H and O–H groups in total. The fraction of sp³-hybridized carbons (Fsp3) is 0.133. The Balaban J connectivity index is 1.80. The van der Waals surface area contributed by atoms with Crippen molar-refractivity contribution in [1.82, 2.24) is 4.98 Å². The van der Waals surface area contributed by atoms with Gasteiger partial charge in [-0.05, 0) is 35.2 Å². The summed E-state index contributed by atoms with van der Waals surface area (Å²) in [4.78, 5) is 5.18. The van der Waals surface area contributed by atoms with Gasteiger partial charge in [0.15, 0.2) is 12.2 Å². The molecule has 1 aromatic carbocycles. The first-order valence-electron chi connectivity index (χ1n) is 6.25. The molecule has 3 rings (SSSR count). The van der Waals surface area contributed by atoms with E-state index < -0.39 is 0 Å². The van der Waals surface area contributed by atoms with Crippen LogP contribution < -0.4 is 5.32 Å². The minimum absolute atomic E-state index is 0.0371. The third-order valence-electron chi connectivity index (χ3n) is 3.02. The molecule has 0 spiro atoms. The quantitative estimate of drug-likeness (QED) is 0.753. The standard InChI is InChI=1S/C15H14N2O2S/c18-9-11-6-12(17-7-13-2-1-5-20-13)3-4-14(11)15-8-16-10-19-15/h1-6,8,10,17-18H,7,9H2. The van der Waals surface area contributed by atoms with E-state index in [1.54, 1.807) is 17.5 Å². The highest BCUT2D eigenvalue weighted by molar-refractivity contribution is 7.09. The Hall–Kier alpha value is -2.11. The third kappa shape index (κ3) is 2.74. The molecule has 0 aliphatic heterocycles. The molecule has 0 radical (unpaired) electrons. The van der Waals surface area contributed by atoms with Crippen LogP contribution in [0.5, 0.6) is 0 Å². The van der Waals surface area contributed by atoms with Crippen molar-refractivity contribution in [2.45, 2.75) is 13.2 Å². The summed E-state index contributed by atoms with van der Waals surface area (Å²) in [6.45, 7) is 0.745. The molecule has 2 heterocycles. The van der Waals surface area contributed by atoms with Gasteiger partial charge in [0.1, 0.15) is 0 Å². The molecular formula is C15H14N2O2S. The Morgan fingerprint density at radius 1 is 1.30 bits per heavy atom. The summed E-state index contributed by atoms with van der Waals surface area (Å²) >= 11 is 1.72. The van der Waals surface area contributed by atoms with Crippen molar-refractivity contribution >= 4 is 17.0 Å². The van der Waals surface area contributed by atoms with Crippen molar-refractivity contribution in [3.8, 4) is 11.3 Å². The van der Waals surface area contributed by atoms with Gasteiger partial charge in [0.05, 0.1) is 12.8 Å². The van der Waals surface area contributed by atoms with Crippen molar-refractivity contribution in [2.24, 2.45) is 0 Å². The molecular weight excluding hydrogens is 272 g/mol. The summed E-state index contributed by atoms with van der Waals surface area (Å²) in [7, 11) is 0. The van der Waals surface area contributed by atoms with Crippen LogP contribution in [0.4, 0.5) is 5.69 Å². The highest BCUT2D eigenvalue weighted by Crippen LogP contribution is 2.26. The van der Waals surface area contributed by atoms with Crippen LogP contribution >= 0.6 is 11.3 Å². The lowest BCUT2D eigenvalue weighted by Crippen LogP contribution is -1.99. The molecule has 102 valence electrons. The number of rotatable bonds is 5. The molecule has 0 bridgehead atoms. The second-order valence-corrected chi connectivity index (χ2v) is 5.36. The van der Waals surface area contributed by atoms with Gasteiger partial charge >= 0.3 is 0 Å². The first-order chi connectivity index (χ1) is 9.86. The lowest BCUT2D eigenvalue weighted by Gasteiger charge is -2.09. The Bertz CT molecular complexity index is 663. The van der Waals surface area contributed by atoms with Gasteiger partial charge in [0.2, 0.25) is 0 Å². The van der Waals surface area contributed by atoms with Gasteiger partial charge in [-0.15, -0.1) is 11.3 Å². The molecule has 0 saturated heterocycles. The zero-order chi connectivity index (χ0) is 13.8. The van der Waals surface area contributed by atoms with Gasteiger partial charge in [-0.1, -0.05) is 6.07 Å². The van der Waals surface area contributed by atoms with Crippen LogP contribution in [0.1, 0.15) is 10.4 Å². The SMILES string of the molecule is OCc1cc(NCc2cccs2)ccc1-c1cnco1. The summed E-state index contributed by atoms with van der Waals surface area (Å²) in [5, 5.41) is 14.9. The minimum atomic E-state index is -0.0371. The second kappa shape index (κ2) is 5.90. The van der Waals surface area contributed by atoms with Crippen LogP contribution in [-0.4, -0.2) is 10.1 Å². The van der Waals surface area contributed by atoms with E-state index in [0.717, 1.165) is 23.4 Å². The molecule has 3 aromatic rings. The van der Waals surface area contributed by atoms with Crippen LogP contribution in [0, 0.1) is 0 Å². The maximum atomic E-state index is 9.51. The van der Waals surface area contributed by atoms with Crippen molar-refractivity contribution in [2.75, 3.05) is 5.32 Å². The molecule has 20 heavy (non-hydrogen) atoms. The molecule has 0 amide bonds. The number of aromatic nitrogens is 1. The normalized spacial score (nSPS) is 10.7. The first kappa shape index (κ1) is 12.9. The Morgan fingerprint density at radius 2 is 2.25 bits per heavy atom. The van der Waals surface area contributed by atoms with E-state index in [2.05, 4.69) is 21.7 Å². The van der Waals surface area contributed by atoms with Crippen molar-refractivity contribution in [3.05, 3.63) is 58.7 Å². The largest absolute Gasteiger partial charge is 0.444 e. The summed E-state index contributed by atoms with van der Waals surface area (Å²) < 4.78 is 5.28. The van der Waals surface area contributed by atoms with E-state index in [1.807, 2.05) is 24.3 Å². The molecule has 0 aliphatic rings. The average Bonchev–Trinajstić information content (AvgIpc) is 3.18. The molecule has 0 fully saturated rings. The number of nitrogens with zero attached hydrogens (tertiary/aromatic N) is 1. The van der Waals surface area contributed by atoms with Crippen LogP contribution in [0.3, 0.4) is 0 Å². The number of anilines is 1. The number of oxazole rings is 1. The van der Waals surface area contributed by atoms with E-state index in [1.165, 1.54) is 11.3 Å². The fourth-order valence-corrected chi connectivity index (χ4v) is 2.67. The molecule has 0 saturated carbocycles.